The van der Waals surface area contributed by atoms with Gasteiger partial charge >= 0.3 is 0 Å². The first kappa shape index (κ1) is 15.8. The first-order valence-corrected chi connectivity index (χ1v) is 7.22. The normalized spacial score (nSPS) is 10.6. The van der Waals surface area contributed by atoms with Gasteiger partial charge in [-0.1, -0.05) is 0 Å². The Morgan fingerprint density at radius 2 is 2.08 bits per heavy atom. The minimum Gasteiger partial charge on any atom is -0.497 e. The van der Waals surface area contributed by atoms with Crippen LogP contribution in [0.4, 0.5) is 5.69 Å². The number of H-pyrrole nitrogens is 1. The summed E-state index contributed by atoms with van der Waals surface area (Å²) in [6.07, 6.45) is 3.24. The molecule has 0 radical (unpaired) electrons. The molecular weight excluding hydrogens is 310 g/mol. The Labute approximate surface area is 138 Å². The molecule has 0 atom stereocenters. The molecule has 2 aromatic heterocycles. The molecule has 24 heavy (non-hydrogen) atoms. The molecule has 0 aliphatic rings. The Kier molecular flexibility index (Phi) is 4.57. The topological polar surface area (TPSA) is 94.1 Å². The average Bonchev–Trinajstić information content (AvgIpc) is 3.25. The number of rotatable bonds is 6. The van der Waals surface area contributed by atoms with Crippen LogP contribution < -0.4 is 10.1 Å². The van der Waals surface area contributed by atoms with Gasteiger partial charge in [-0.05, 0) is 30.3 Å². The van der Waals surface area contributed by atoms with Gasteiger partial charge in [0.15, 0.2) is 0 Å². The van der Waals surface area contributed by atoms with E-state index in [0.717, 1.165) is 11.3 Å². The maximum Gasteiger partial charge on any atom is 0.273 e. The van der Waals surface area contributed by atoms with Gasteiger partial charge in [0.05, 0.1) is 30.9 Å². The summed E-state index contributed by atoms with van der Waals surface area (Å²) in [5, 5.41) is 13.7. The number of hydrogen-bond acceptors (Lipinski definition) is 5. The van der Waals surface area contributed by atoms with E-state index >= 15 is 0 Å². The van der Waals surface area contributed by atoms with E-state index in [4.69, 9.17) is 9.47 Å². The number of aromatic amines is 1. The highest BCUT2D eigenvalue weighted by molar-refractivity contribution is 6.03. The average molecular weight is 327 g/mol. The standard InChI is InChI=1S/C16H17N5O3/c1-23-10-21-9-12(8-17-21)18-16(22)15-7-14(19-20-15)11-3-5-13(24-2)6-4-11/h3-9H,10H2,1-2H3,(H,18,22)(H,19,20). The Hall–Kier alpha value is -3.13. The van der Waals surface area contributed by atoms with Crippen LogP contribution in [-0.2, 0) is 11.5 Å². The van der Waals surface area contributed by atoms with Crippen LogP contribution in [0.25, 0.3) is 11.3 Å². The maximum atomic E-state index is 12.3. The number of hydrogen-bond donors (Lipinski definition) is 2. The van der Waals surface area contributed by atoms with Gasteiger partial charge in [-0.2, -0.15) is 10.2 Å². The summed E-state index contributed by atoms with van der Waals surface area (Å²) >= 11 is 0. The molecular formula is C16H17N5O3. The number of carbonyl (C=O) groups excluding carboxylic acids is 1. The van der Waals surface area contributed by atoms with Crippen LogP contribution in [0.3, 0.4) is 0 Å². The summed E-state index contributed by atoms with van der Waals surface area (Å²) in [5.74, 6) is 0.472. The summed E-state index contributed by atoms with van der Waals surface area (Å²) in [4.78, 5) is 12.3. The van der Waals surface area contributed by atoms with Crippen LogP contribution in [0.5, 0.6) is 5.75 Å². The van der Waals surface area contributed by atoms with E-state index < -0.39 is 0 Å². The van der Waals surface area contributed by atoms with Crippen molar-refractivity contribution in [3.05, 3.63) is 48.4 Å². The Balaban J connectivity index is 1.70. The minimum atomic E-state index is -0.292. The largest absolute Gasteiger partial charge is 0.497 e. The summed E-state index contributed by atoms with van der Waals surface area (Å²) in [5.41, 5.74) is 2.51. The van der Waals surface area contributed by atoms with E-state index in [-0.39, 0.29) is 5.91 Å². The number of nitrogens with one attached hydrogen (secondary N) is 2. The highest BCUT2D eigenvalue weighted by Gasteiger charge is 2.12. The molecule has 0 saturated carbocycles. The van der Waals surface area contributed by atoms with Crippen LogP contribution >= 0.6 is 0 Å². The number of amides is 1. The lowest BCUT2D eigenvalue weighted by Crippen LogP contribution is -2.11. The maximum absolute atomic E-state index is 12.3. The molecule has 0 spiro atoms. The fraction of sp³-hybridized carbons (Fsp3) is 0.188. The summed E-state index contributed by atoms with van der Waals surface area (Å²) in [6, 6.07) is 9.13. The van der Waals surface area contributed by atoms with E-state index in [1.165, 1.54) is 0 Å². The summed E-state index contributed by atoms with van der Waals surface area (Å²) in [7, 11) is 3.19. The zero-order valence-corrected chi connectivity index (χ0v) is 13.3. The van der Waals surface area contributed by atoms with Crippen LogP contribution in [0.2, 0.25) is 0 Å². The zero-order valence-electron chi connectivity index (χ0n) is 13.3. The Morgan fingerprint density at radius 3 is 2.79 bits per heavy atom. The van der Waals surface area contributed by atoms with Gasteiger partial charge in [0.2, 0.25) is 0 Å². The van der Waals surface area contributed by atoms with Crippen molar-refractivity contribution in [1.29, 1.82) is 0 Å². The molecule has 0 aliphatic heterocycles. The molecule has 0 bridgehead atoms. The second kappa shape index (κ2) is 6.97. The molecule has 3 aromatic rings. The van der Waals surface area contributed by atoms with Crippen LogP contribution in [-0.4, -0.2) is 40.1 Å². The molecule has 0 fully saturated rings. The number of ether oxygens (including phenoxy) is 2. The van der Waals surface area contributed by atoms with Crippen molar-refractivity contribution in [3.63, 3.8) is 0 Å². The number of carbonyl (C=O) groups is 1. The Bertz CT molecular complexity index is 822. The Morgan fingerprint density at radius 1 is 1.29 bits per heavy atom. The number of benzene rings is 1. The molecule has 2 heterocycles. The SMILES string of the molecule is COCn1cc(NC(=O)c2cc(-c3ccc(OC)cc3)n[nH]2)cn1. The molecule has 0 unspecified atom stereocenters. The molecule has 1 amide bonds. The molecule has 8 heteroatoms. The quantitative estimate of drug-likeness (QED) is 0.723. The first-order chi connectivity index (χ1) is 11.7. The van der Waals surface area contributed by atoms with Gasteiger partial charge < -0.3 is 14.8 Å². The van der Waals surface area contributed by atoms with Crippen molar-refractivity contribution >= 4 is 11.6 Å². The summed E-state index contributed by atoms with van der Waals surface area (Å²) in [6.45, 7) is 0.321. The van der Waals surface area contributed by atoms with Gasteiger partial charge in [0.1, 0.15) is 18.2 Å². The molecule has 124 valence electrons. The highest BCUT2D eigenvalue weighted by atomic mass is 16.5. The third-order valence-corrected chi connectivity index (χ3v) is 3.36. The number of anilines is 1. The van der Waals surface area contributed by atoms with Gasteiger partial charge in [-0.25, -0.2) is 4.68 Å². The van der Waals surface area contributed by atoms with Crippen LogP contribution in [0.15, 0.2) is 42.7 Å². The molecule has 8 nitrogen and oxygen atoms in total. The number of nitrogens with zero attached hydrogens (tertiary/aromatic N) is 3. The van der Waals surface area contributed by atoms with E-state index in [1.54, 1.807) is 37.4 Å². The van der Waals surface area contributed by atoms with Crippen molar-refractivity contribution in [3.8, 4) is 17.0 Å². The van der Waals surface area contributed by atoms with E-state index in [0.29, 0.717) is 23.8 Å². The third-order valence-electron chi connectivity index (χ3n) is 3.36. The fourth-order valence-corrected chi connectivity index (χ4v) is 2.18. The highest BCUT2D eigenvalue weighted by Crippen LogP contribution is 2.21. The number of aromatic nitrogens is 4. The predicted octanol–water partition coefficient (Wildman–Crippen LogP) is 2.14. The second-order valence-electron chi connectivity index (χ2n) is 5.04. The van der Waals surface area contributed by atoms with E-state index in [1.807, 2.05) is 24.3 Å². The molecule has 0 aliphatic carbocycles. The van der Waals surface area contributed by atoms with Crippen LogP contribution in [0, 0.1) is 0 Å². The monoisotopic (exact) mass is 327 g/mol. The lowest BCUT2D eigenvalue weighted by atomic mass is 10.1. The third kappa shape index (κ3) is 3.44. The molecule has 1 aromatic carbocycles. The van der Waals surface area contributed by atoms with Crippen molar-refractivity contribution in [2.45, 2.75) is 6.73 Å². The molecule has 3 rings (SSSR count). The van der Waals surface area contributed by atoms with Crippen molar-refractivity contribution < 1.29 is 14.3 Å². The molecule has 2 N–H and O–H groups in total. The van der Waals surface area contributed by atoms with Gasteiger partial charge in [0.25, 0.3) is 5.91 Å². The first-order valence-electron chi connectivity index (χ1n) is 7.22. The predicted molar refractivity (Wildman–Crippen MR) is 87.8 cm³/mol. The van der Waals surface area contributed by atoms with Gasteiger partial charge in [-0.15, -0.1) is 0 Å². The van der Waals surface area contributed by atoms with E-state index in [9.17, 15) is 4.79 Å². The van der Waals surface area contributed by atoms with Gasteiger partial charge in [0, 0.05) is 12.7 Å². The fourth-order valence-electron chi connectivity index (χ4n) is 2.18. The number of methoxy groups -OCH3 is 2. The zero-order chi connectivity index (χ0) is 16.9. The van der Waals surface area contributed by atoms with E-state index in [2.05, 4.69) is 20.6 Å². The van der Waals surface area contributed by atoms with Crippen LogP contribution in [0.1, 0.15) is 10.5 Å². The summed E-state index contributed by atoms with van der Waals surface area (Å²) < 4.78 is 11.7. The van der Waals surface area contributed by atoms with Crippen molar-refractivity contribution in [1.82, 2.24) is 20.0 Å². The lowest BCUT2D eigenvalue weighted by Gasteiger charge is -2.00. The second-order valence-corrected chi connectivity index (χ2v) is 5.04. The molecule has 0 saturated heterocycles. The van der Waals surface area contributed by atoms with Crippen molar-refractivity contribution in [2.24, 2.45) is 0 Å². The minimum absolute atomic E-state index is 0.292. The lowest BCUT2D eigenvalue weighted by molar-refractivity contribution is 0.102. The van der Waals surface area contributed by atoms with Gasteiger partial charge in [-0.3, -0.25) is 9.89 Å². The smallest absolute Gasteiger partial charge is 0.273 e. The van der Waals surface area contributed by atoms with Crippen molar-refractivity contribution in [2.75, 3.05) is 19.5 Å².